The number of phenols is 1. The number of para-hydroxylation sites is 2. The number of anilines is 2. The molecule has 0 saturated carbocycles. The Labute approximate surface area is 192 Å². The van der Waals surface area contributed by atoms with E-state index in [0.717, 1.165) is 16.7 Å². The average molecular weight is 437 g/mol. The molecule has 2 amide bonds. The van der Waals surface area contributed by atoms with Crippen molar-refractivity contribution in [2.45, 2.75) is 6.92 Å². The second-order valence-corrected chi connectivity index (χ2v) is 7.80. The molecule has 4 aromatic rings. The molecule has 5 nitrogen and oxygen atoms in total. The molecule has 0 aliphatic heterocycles. The number of phenolic OH excluding ortho intramolecular Hbond substituents is 1. The number of carbonyl (C=O) groups excluding carboxylic acids is 2. The number of amides is 2. The smallest absolute Gasteiger partial charge is 0.258 e. The summed E-state index contributed by atoms with van der Waals surface area (Å²) in [6.07, 6.45) is 0. The van der Waals surface area contributed by atoms with Crippen LogP contribution in [0.2, 0.25) is 0 Å². The van der Waals surface area contributed by atoms with Crippen LogP contribution in [-0.2, 0) is 0 Å². The van der Waals surface area contributed by atoms with Crippen LogP contribution in [0.5, 0.6) is 5.75 Å². The summed E-state index contributed by atoms with van der Waals surface area (Å²) in [6, 6.07) is 28.9. The lowest BCUT2D eigenvalue weighted by molar-refractivity contribution is 0.0991. The van der Waals surface area contributed by atoms with Gasteiger partial charge in [-0.15, -0.1) is 0 Å². The number of aryl methyl sites for hydroxylation is 1. The third-order valence-electron chi connectivity index (χ3n) is 5.47. The van der Waals surface area contributed by atoms with Crippen molar-refractivity contribution in [2.75, 3.05) is 17.3 Å². The summed E-state index contributed by atoms with van der Waals surface area (Å²) in [5, 5.41) is 12.9. The topological polar surface area (TPSA) is 69.6 Å². The van der Waals surface area contributed by atoms with Crippen LogP contribution < -0.4 is 10.2 Å². The first-order valence-electron chi connectivity index (χ1n) is 10.6. The highest BCUT2D eigenvalue weighted by atomic mass is 16.3. The summed E-state index contributed by atoms with van der Waals surface area (Å²) >= 11 is 0. The van der Waals surface area contributed by atoms with Gasteiger partial charge >= 0.3 is 0 Å². The Balaban J connectivity index is 1.51. The zero-order valence-electron chi connectivity index (χ0n) is 18.4. The van der Waals surface area contributed by atoms with Crippen LogP contribution in [0.15, 0.2) is 97.1 Å². The molecule has 4 rings (SSSR count). The van der Waals surface area contributed by atoms with Crippen LogP contribution in [-0.4, -0.2) is 24.0 Å². The number of hydrogen-bond donors (Lipinski definition) is 2. The van der Waals surface area contributed by atoms with Gasteiger partial charge in [0.25, 0.3) is 11.8 Å². The van der Waals surface area contributed by atoms with Gasteiger partial charge in [-0.05, 0) is 60.5 Å². The molecule has 0 radical (unpaired) electrons. The Morgan fingerprint density at radius 2 is 1.42 bits per heavy atom. The molecule has 0 fully saturated rings. The zero-order chi connectivity index (χ0) is 23.4. The molecular weight excluding hydrogens is 412 g/mol. The Kier molecular flexibility index (Phi) is 6.22. The summed E-state index contributed by atoms with van der Waals surface area (Å²) in [5.74, 6) is -0.458. The predicted octanol–water partition coefficient (Wildman–Crippen LogP) is 5.90. The molecule has 4 aromatic carbocycles. The van der Waals surface area contributed by atoms with Crippen LogP contribution in [0.4, 0.5) is 11.4 Å². The standard InChI is InChI=1S/C28H24N2O3/c1-19-11-13-20(14-12-19)23-7-3-4-8-24(23)27(32)29-22-17-15-21(16-18-22)28(33)30(2)25-9-5-6-10-26(25)31/h3-18,31H,1-2H3,(H,29,32). The third-order valence-corrected chi connectivity index (χ3v) is 5.47. The van der Waals surface area contributed by atoms with Crippen LogP contribution in [0.3, 0.4) is 0 Å². The Morgan fingerprint density at radius 3 is 2.12 bits per heavy atom. The number of nitrogens with zero attached hydrogens (tertiary/aromatic N) is 1. The predicted molar refractivity (Wildman–Crippen MR) is 132 cm³/mol. The number of carbonyl (C=O) groups is 2. The van der Waals surface area contributed by atoms with E-state index in [9.17, 15) is 14.7 Å². The molecule has 0 aromatic heterocycles. The molecule has 0 aliphatic rings. The van der Waals surface area contributed by atoms with Gasteiger partial charge in [-0.25, -0.2) is 0 Å². The van der Waals surface area contributed by atoms with E-state index >= 15 is 0 Å². The molecule has 164 valence electrons. The largest absolute Gasteiger partial charge is 0.506 e. The molecule has 2 N–H and O–H groups in total. The summed E-state index contributed by atoms with van der Waals surface area (Å²) in [5.41, 5.74) is 5.00. The van der Waals surface area contributed by atoms with Gasteiger partial charge in [0.1, 0.15) is 5.75 Å². The second kappa shape index (κ2) is 9.40. The van der Waals surface area contributed by atoms with Gasteiger partial charge in [-0.2, -0.15) is 0 Å². The Hall–Kier alpha value is -4.38. The molecule has 5 heteroatoms. The maximum Gasteiger partial charge on any atom is 0.258 e. The number of nitrogens with one attached hydrogen (secondary N) is 1. The fraction of sp³-hybridized carbons (Fsp3) is 0.0714. The monoisotopic (exact) mass is 436 g/mol. The van der Waals surface area contributed by atoms with Gasteiger partial charge < -0.3 is 15.3 Å². The van der Waals surface area contributed by atoms with E-state index < -0.39 is 0 Å². The molecule has 33 heavy (non-hydrogen) atoms. The van der Waals surface area contributed by atoms with Crippen LogP contribution >= 0.6 is 0 Å². The van der Waals surface area contributed by atoms with Crippen LogP contribution in [0.25, 0.3) is 11.1 Å². The molecule has 0 heterocycles. The lowest BCUT2D eigenvalue weighted by Gasteiger charge is -2.18. The van der Waals surface area contributed by atoms with E-state index in [1.807, 2.05) is 49.4 Å². The second-order valence-electron chi connectivity index (χ2n) is 7.80. The SMILES string of the molecule is Cc1ccc(-c2ccccc2C(=O)Nc2ccc(C(=O)N(C)c3ccccc3O)cc2)cc1. The first-order valence-corrected chi connectivity index (χ1v) is 10.6. The normalized spacial score (nSPS) is 10.5. The summed E-state index contributed by atoms with van der Waals surface area (Å²) < 4.78 is 0. The molecule has 0 bridgehead atoms. The van der Waals surface area contributed by atoms with Gasteiger partial charge in [0, 0.05) is 23.9 Å². The maximum absolute atomic E-state index is 13.0. The molecule has 0 saturated heterocycles. The lowest BCUT2D eigenvalue weighted by Crippen LogP contribution is -2.26. The van der Waals surface area contributed by atoms with Crippen molar-refractivity contribution < 1.29 is 14.7 Å². The maximum atomic E-state index is 13.0. The summed E-state index contributed by atoms with van der Waals surface area (Å²) in [6.45, 7) is 2.02. The highest BCUT2D eigenvalue weighted by molar-refractivity contribution is 6.09. The van der Waals surface area contributed by atoms with Crippen molar-refractivity contribution in [1.29, 1.82) is 0 Å². The third kappa shape index (κ3) is 4.77. The summed E-state index contributed by atoms with van der Waals surface area (Å²) in [4.78, 5) is 27.2. The minimum absolute atomic E-state index is 0.0319. The van der Waals surface area contributed by atoms with Crippen molar-refractivity contribution in [3.05, 3.63) is 114 Å². The highest BCUT2D eigenvalue weighted by Crippen LogP contribution is 2.27. The van der Waals surface area contributed by atoms with Gasteiger partial charge in [0.2, 0.25) is 0 Å². The molecule has 0 aliphatic carbocycles. The van der Waals surface area contributed by atoms with Crippen molar-refractivity contribution in [1.82, 2.24) is 0 Å². The van der Waals surface area contributed by atoms with Crippen molar-refractivity contribution in [2.24, 2.45) is 0 Å². The van der Waals surface area contributed by atoms with Crippen molar-refractivity contribution in [3.63, 3.8) is 0 Å². The van der Waals surface area contributed by atoms with E-state index in [4.69, 9.17) is 0 Å². The van der Waals surface area contributed by atoms with Gasteiger partial charge in [0.05, 0.1) is 5.69 Å². The minimum Gasteiger partial charge on any atom is -0.506 e. The Morgan fingerprint density at radius 1 is 0.788 bits per heavy atom. The average Bonchev–Trinajstić information content (AvgIpc) is 2.84. The molecule has 0 atom stereocenters. The quantitative estimate of drug-likeness (QED) is 0.409. The lowest BCUT2D eigenvalue weighted by atomic mass is 9.98. The first kappa shape index (κ1) is 21.8. The van der Waals surface area contributed by atoms with E-state index in [0.29, 0.717) is 22.5 Å². The zero-order valence-corrected chi connectivity index (χ0v) is 18.4. The molecule has 0 unspecified atom stereocenters. The van der Waals surface area contributed by atoms with Crippen molar-refractivity contribution in [3.8, 4) is 16.9 Å². The van der Waals surface area contributed by atoms with Gasteiger partial charge in [-0.1, -0.05) is 60.2 Å². The van der Waals surface area contributed by atoms with Crippen LogP contribution in [0, 0.1) is 6.92 Å². The number of rotatable bonds is 5. The highest BCUT2D eigenvalue weighted by Gasteiger charge is 2.17. The molecular formula is C28H24N2O3. The van der Waals surface area contributed by atoms with Crippen molar-refractivity contribution >= 4 is 23.2 Å². The van der Waals surface area contributed by atoms with Crippen LogP contribution in [0.1, 0.15) is 26.3 Å². The van der Waals surface area contributed by atoms with E-state index in [1.54, 1.807) is 55.6 Å². The van der Waals surface area contributed by atoms with Gasteiger partial charge in [-0.3, -0.25) is 9.59 Å². The van der Waals surface area contributed by atoms with E-state index in [2.05, 4.69) is 5.32 Å². The van der Waals surface area contributed by atoms with E-state index in [1.165, 1.54) is 11.0 Å². The number of hydrogen-bond acceptors (Lipinski definition) is 3. The first-order chi connectivity index (χ1) is 15.9. The Bertz CT molecular complexity index is 1300. The molecule has 0 spiro atoms. The van der Waals surface area contributed by atoms with E-state index in [-0.39, 0.29) is 17.6 Å². The van der Waals surface area contributed by atoms with Gasteiger partial charge in [0.15, 0.2) is 0 Å². The fourth-order valence-corrected chi connectivity index (χ4v) is 3.61. The fourth-order valence-electron chi connectivity index (χ4n) is 3.61. The minimum atomic E-state index is -0.265. The number of benzene rings is 4. The summed E-state index contributed by atoms with van der Waals surface area (Å²) in [7, 11) is 1.61. The number of aromatic hydroxyl groups is 1.